The summed E-state index contributed by atoms with van der Waals surface area (Å²) in [4.78, 5) is 0. The van der Waals surface area contributed by atoms with Gasteiger partial charge in [-0.1, -0.05) is 0 Å². The molecule has 0 saturated heterocycles. The van der Waals surface area contributed by atoms with Crippen LogP contribution in [0.5, 0.6) is 0 Å². The van der Waals surface area contributed by atoms with E-state index in [0.717, 1.165) is 0 Å². The molecular weight excluding hydrogens is 261 g/mol. The van der Waals surface area contributed by atoms with Crippen molar-refractivity contribution < 1.29 is 35.8 Å². The Bertz CT molecular complexity index is 397. The predicted octanol–water partition coefficient (Wildman–Crippen LogP) is 2.19. The molecule has 0 atom stereocenters. The standard InChI is InChI=1S/C7H5F7N2O/c8-5(9,6(10,11)7(12,13)14)4-1-3(2-17)15-16-4/h1,17H,2H2,(H,15,16). The summed E-state index contributed by atoms with van der Waals surface area (Å²) in [6, 6.07) is 0.236. The Morgan fingerprint density at radius 3 is 2.00 bits per heavy atom. The molecule has 0 unspecified atom stereocenters. The molecular formula is C7H5F7N2O. The van der Waals surface area contributed by atoms with Crippen LogP contribution >= 0.6 is 0 Å². The van der Waals surface area contributed by atoms with Crippen molar-refractivity contribution in [3.05, 3.63) is 17.5 Å². The number of rotatable bonds is 3. The molecule has 0 fully saturated rings. The number of aromatic nitrogens is 2. The van der Waals surface area contributed by atoms with Gasteiger partial charge in [0, 0.05) is 0 Å². The SMILES string of the molecule is OCc1cc(C(F)(F)C(F)(F)C(F)(F)F)n[nH]1. The Hall–Kier alpha value is -1.32. The van der Waals surface area contributed by atoms with Crippen molar-refractivity contribution in [3.63, 3.8) is 0 Å². The van der Waals surface area contributed by atoms with Gasteiger partial charge in [0.2, 0.25) is 0 Å². The second-order valence-electron chi connectivity index (χ2n) is 3.08. The summed E-state index contributed by atoms with van der Waals surface area (Å²) in [5.74, 6) is -11.8. The van der Waals surface area contributed by atoms with Gasteiger partial charge in [-0.15, -0.1) is 0 Å². The molecule has 1 rings (SSSR count). The maximum atomic E-state index is 12.9. The zero-order valence-corrected chi connectivity index (χ0v) is 7.82. The summed E-state index contributed by atoms with van der Waals surface area (Å²) in [7, 11) is 0. The smallest absolute Gasteiger partial charge is 0.390 e. The highest BCUT2D eigenvalue weighted by molar-refractivity contribution is 5.17. The fourth-order valence-corrected chi connectivity index (χ4v) is 0.942. The third kappa shape index (κ3) is 2.08. The number of halogens is 7. The van der Waals surface area contributed by atoms with Crippen LogP contribution in [0.25, 0.3) is 0 Å². The predicted molar refractivity (Wildman–Crippen MR) is 39.4 cm³/mol. The summed E-state index contributed by atoms with van der Waals surface area (Å²) in [5.41, 5.74) is -2.19. The van der Waals surface area contributed by atoms with Gasteiger partial charge in [0.15, 0.2) is 0 Å². The van der Waals surface area contributed by atoms with Crippen molar-refractivity contribution >= 4 is 0 Å². The Morgan fingerprint density at radius 1 is 1.12 bits per heavy atom. The lowest BCUT2D eigenvalue weighted by molar-refractivity contribution is -0.360. The molecule has 1 heterocycles. The van der Waals surface area contributed by atoms with Gasteiger partial charge in [-0.05, 0) is 6.07 Å². The van der Waals surface area contributed by atoms with Crippen LogP contribution in [-0.4, -0.2) is 27.4 Å². The van der Waals surface area contributed by atoms with Crippen LogP contribution in [0, 0.1) is 0 Å². The molecule has 17 heavy (non-hydrogen) atoms. The normalized spacial score (nSPS) is 14.1. The zero-order valence-electron chi connectivity index (χ0n) is 7.82. The minimum absolute atomic E-state index is 0.236. The molecule has 0 spiro atoms. The van der Waals surface area contributed by atoms with Gasteiger partial charge in [-0.25, -0.2) is 0 Å². The van der Waals surface area contributed by atoms with Crippen molar-refractivity contribution in [2.75, 3.05) is 0 Å². The average Bonchev–Trinajstić information content (AvgIpc) is 2.64. The van der Waals surface area contributed by atoms with Crippen LogP contribution < -0.4 is 0 Å². The van der Waals surface area contributed by atoms with Gasteiger partial charge in [0.1, 0.15) is 5.69 Å². The molecule has 0 saturated carbocycles. The van der Waals surface area contributed by atoms with E-state index >= 15 is 0 Å². The van der Waals surface area contributed by atoms with E-state index in [0.29, 0.717) is 0 Å². The van der Waals surface area contributed by atoms with E-state index in [1.54, 1.807) is 5.10 Å². The lowest BCUT2D eigenvalue weighted by Gasteiger charge is -2.26. The lowest BCUT2D eigenvalue weighted by Crippen LogP contribution is -2.50. The van der Waals surface area contributed by atoms with Gasteiger partial charge in [0.25, 0.3) is 0 Å². The van der Waals surface area contributed by atoms with Crippen molar-refractivity contribution in [2.45, 2.75) is 24.6 Å². The Kier molecular flexibility index (Phi) is 3.12. The van der Waals surface area contributed by atoms with Crippen LogP contribution in [0.3, 0.4) is 0 Å². The Balaban J connectivity index is 3.18. The van der Waals surface area contributed by atoms with E-state index in [2.05, 4.69) is 5.10 Å². The Labute approximate surface area is 89.2 Å². The summed E-state index contributed by atoms with van der Waals surface area (Å²) in [6.07, 6.45) is -6.41. The second kappa shape index (κ2) is 3.86. The zero-order chi connectivity index (χ0) is 13.5. The molecule has 2 N–H and O–H groups in total. The van der Waals surface area contributed by atoms with Crippen LogP contribution in [0.15, 0.2) is 6.07 Å². The maximum Gasteiger partial charge on any atom is 0.460 e. The van der Waals surface area contributed by atoms with Crippen LogP contribution in [0.1, 0.15) is 11.4 Å². The van der Waals surface area contributed by atoms with Crippen LogP contribution in [0.4, 0.5) is 30.7 Å². The van der Waals surface area contributed by atoms with Crippen molar-refractivity contribution in [1.29, 1.82) is 0 Å². The van der Waals surface area contributed by atoms with Gasteiger partial charge in [-0.2, -0.15) is 35.8 Å². The molecule has 0 bridgehead atoms. The molecule has 0 aliphatic rings. The summed E-state index contributed by atoms with van der Waals surface area (Å²) >= 11 is 0. The number of aliphatic hydroxyl groups excluding tert-OH is 1. The molecule has 1 aromatic rings. The molecule has 0 aliphatic carbocycles. The minimum Gasteiger partial charge on any atom is -0.390 e. The molecule has 98 valence electrons. The van der Waals surface area contributed by atoms with E-state index < -0.39 is 36.0 Å². The summed E-state index contributed by atoms with van der Waals surface area (Å²) in [6.45, 7) is -0.847. The first kappa shape index (κ1) is 13.7. The average molecular weight is 266 g/mol. The number of aliphatic hydroxyl groups is 1. The number of hydrogen-bond donors (Lipinski definition) is 2. The Morgan fingerprint density at radius 2 is 1.65 bits per heavy atom. The van der Waals surface area contributed by atoms with Gasteiger partial charge < -0.3 is 5.11 Å². The summed E-state index contributed by atoms with van der Waals surface area (Å²) in [5, 5.41) is 12.8. The molecule has 0 aromatic carbocycles. The third-order valence-electron chi connectivity index (χ3n) is 1.87. The molecule has 0 amide bonds. The largest absolute Gasteiger partial charge is 0.460 e. The fraction of sp³-hybridized carbons (Fsp3) is 0.571. The van der Waals surface area contributed by atoms with Crippen molar-refractivity contribution in [1.82, 2.24) is 10.2 Å². The quantitative estimate of drug-likeness (QED) is 0.824. The van der Waals surface area contributed by atoms with Crippen LogP contribution in [0.2, 0.25) is 0 Å². The van der Waals surface area contributed by atoms with Crippen LogP contribution in [-0.2, 0) is 12.5 Å². The first-order valence-corrected chi connectivity index (χ1v) is 4.02. The maximum absolute atomic E-state index is 12.9. The fourth-order valence-electron chi connectivity index (χ4n) is 0.942. The number of H-pyrrole nitrogens is 1. The number of alkyl halides is 7. The van der Waals surface area contributed by atoms with Gasteiger partial charge in [0.05, 0.1) is 12.3 Å². The number of nitrogens with one attached hydrogen (secondary N) is 1. The van der Waals surface area contributed by atoms with Gasteiger partial charge in [-0.3, -0.25) is 5.10 Å². The van der Waals surface area contributed by atoms with E-state index in [-0.39, 0.29) is 6.07 Å². The third-order valence-corrected chi connectivity index (χ3v) is 1.87. The second-order valence-corrected chi connectivity index (χ2v) is 3.08. The van der Waals surface area contributed by atoms with E-state index in [9.17, 15) is 30.7 Å². The monoisotopic (exact) mass is 266 g/mol. The van der Waals surface area contributed by atoms with Crippen molar-refractivity contribution in [3.8, 4) is 0 Å². The number of nitrogens with zero attached hydrogens (tertiary/aromatic N) is 1. The lowest BCUT2D eigenvalue weighted by atomic mass is 10.1. The summed E-state index contributed by atoms with van der Waals surface area (Å²) < 4.78 is 86.3. The first-order valence-electron chi connectivity index (χ1n) is 4.02. The molecule has 0 radical (unpaired) electrons. The number of hydrogen-bond acceptors (Lipinski definition) is 2. The minimum atomic E-state index is -6.41. The van der Waals surface area contributed by atoms with E-state index in [4.69, 9.17) is 5.11 Å². The van der Waals surface area contributed by atoms with E-state index in [1.165, 1.54) is 0 Å². The molecule has 3 nitrogen and oxygen atoms in total. The highest BCUT2D eigenvalue weighted by Gasteiger charge is 2.74. The molecule has 0 aliphatic heterocycles. The van der Waals surface area contributed by atoms with Crippen molar-refractivity contribution in [2.24, 2.45) is 0 Å². The molecule has 1 aromatic heterocycles. The number of aromatic amines is 1. The van der Waals surface area contributed by atoms with Gasteiger partial charge >= 0.3 is 18.0 Å². The highest BCUT2D eigenvalue weighted by Crippen LogP contribution is 2.51. The molecule has 10 heteroatoms. The highest BCUT2D eigenvalue weighted by atomic mass is 19.4. The first-order chi connectivity index (χ1) is 7.54. The van der Waals surface area contributed by atoms with E-state index in [1.807, 2.05) is 0 Å². The topological polar surface area (TPSA) is 48.9 Å².